The number of hydrogen-bond donors (Lipinski definition) is 0. The van der Waals surface area contributed by atoms with E-state index in [2.05, 4.69) is 55.4 Å². The van der Waals surface area contributed by atoms with Crippen molar-refractivity contribution < 1.29 is 0 Å². The van der Waals surface area contributed by atoms with Crippen LogP contribution in [0.2, 0.25) is 0 Å². The highest BCUT2D eigenvalue weighted by molar-refractivity contribution is 3.93. The van der Waals surface area contributed by atoms with Crippen molar-refractivity contribution in [1.29, 1.82) is 0 Å². The van der Waals surface area contributed by atoms with Crippen LogP contribution in [0.3, 0.4) is 0 Å². The molecule has 0 unspecified atom stereocenters. The molecule has 0 aromatic carbocycles. The van der Waals surface area contributed by atoms with Gasteiger partial charge < -0.3 is 0 Å². The summed E-state index contributed by atoms with van der Waals surface area (Å²) in [5.74, 6) is 0. The van der Waals surface area contributed by atoms with E-state index in [9.17, 15) is 0 Å². The quantitative estimate of drug-likeness (QED) is 0.401. The first-order chi connectivity index (χ1) is 8.66. The predicted molar refractivity (Wildman–Crippen MR) is 138 cm³/mol. The van der Waals surface area contributed by atoms with Gasteiger partial charge in [-0.2, -0.15) is 0 Å². The summed E-state index contributed by atoms with van der Waals surface area (Å²) in [6.45, 7) is 29.0. The molecule has 0 fully saturated rings. The first-order valence-corrected chi connectivity index (χ1v) is 8.66. The lowest BCUT2D eigenvalue weighted by Crippen LogP contribution is -1.27. The average Bonchev–Trinajstić information content (AvgIpc) is 2.40. The monoisotopic (exact) mass is 363 g/mol. The Bertz CT molecular complexity index is 8.00. The fourth-order valence-corrected chi connectivity index (χ4v) is 0. The molecule has 0 N–H and O–H groups in total. The molecular formula is C24H74. The summed E-state index contributed by atoms with van der Waals surface area (Å²) in [6.07, 6.45) is 5.00. The summed E-state index contributed by atoms with van der Waals surface area (Å²) >= 11 is 0. The minimum absolute atomic E-state index is 0. The van der Waals surface area contributed by atoms with E-state index in [0.717, 1.165) is 0 Å². The zero-order chi connectivity index (χ0) is 16.8. The van der Waals surface area contributed by atoms with Crippen LogP contribution in [0.25, 0.3) is 0 Å². The lowest BCUT2D eigenvalue weighted by atomic mass is 10.6. The SMILES string of the molecule is C.C.C.C.C.C.CC.CC.CC.CCC.CCC.CCC.CCC. The van der Waals surface area contributed by atoms with Crippen molar-refractivity contribution >= 4 is 0 Å². The highest BCUT2D eigenvalue weighted by atomic mass is 13.4. The van der Waals surface area contributed by atoms with Gasteiger partial charge in [-0.05, 0) is 0 Å². The fourth-order valence-electron chi connectivity index (χ4n) is 0. The van der Waals surface area contributed by atoms with E-state index >= 15 is 0 Å². The van der Waals surface area contributed by atoms with Crippen molar-refractivity contribution in [2.24, 2.45) is 0 Å². The van der Waals surface area contributed by atoms with Gasteiger partial charge in [0, 0.05) is 0 Å². The van der Waals surface area contributed by atoms with E-state index in [-0.39, 0.29) is 44.6 Å². The molecule has 0 aliphatic carbocycles. The molecular weight excluding hydrogens is 288 g/mol. The second kappa shape index (κ2) is 696. The van der Waals surface area contributed by atoms with Gasteiger partial charge in [0.2, 0.25) is 0 Å². The molecule has 0 atom stereocenters. The molecule has 0 aliphatic rings. The van der Waals surface area contributed by atoms with E-state index in [1.54, 1.807) is 0 Å². The Labute approximate surface area is 167 Å². The second-order valence-electron chi connectivity index (χ2n) is 2.83. The van der Waals surface area contributed by atoms with E-state index in [0.29, 0.717) is 0 Å². The van der Waals surface area contributed by atoms with Crippen molar-refractivity contribution in [3.63, 3.8) is 0 Å². The Kier molecular flexibility index (Phi) is 3040. The molecule has 0 heteroatoms. The predicted octanol–water partition coefficient (Wildman–Crippen LogP) is 12.6. The van der Waals surface area contributed by atoms with Crippen molar-refractivity contribution in [3.05, 3.63) is 0 Å². The van der Waals surface area contributed by atoms with Crippen molar-refractivity contribution in [1.82, 2.24) is 0 Å². The van der Waals surface area contributed by atoms with Crippen LogP contribution in [0.1, 0.15) is 167 Å². The van der Waals surface area contributed by atoms with Gasteiger partial charge in [0.25, 0.3) is 0 Å². The number of hydrogen-bond acceptors (Lipinski definition) is 0. The fraction of sp³-hybridized carbons (Fsp3) is 1.00. The Morgan fingerprint density at radius 3 is 0.250 bits per heavy atom. The molecule has 0 saturated carbocycles. The highest BCUT2D eigenvalue weighted by Gasteiger charge is 1.36. The normalized spacial score (nSPS) is 3.75. The average molecular weight is 363 g/mol. The van der Waals surface area contributed by atoms with E-state index in [4.69, 9.17) is 0 Å². The first kappa shape index (κ1) is 105. The van der Waals surface area contributed by atoms with Gasteiger partial charge in [-0.15, -0.1) is 0 Å². The van der Waals surface area contributed by atoms with Gasteiger partial charge in [0.05, 0.1) is 0 Å². The molecule has 0 radical (unpaired) electrons. The van der Waals surface area contributed by atoms with Gasteiger partial charge >= 0.3 is 0 Å². The van der Waals surface area contributed by atoms with E-state index in [1.807, 2.05) is 41.5 Å². The van der Waals surface area contributed by atoms with Crippen LogP contribution in [0.4, 0.5) is 0 Å². The Morgan fingerprint density at radius 1 is 0.250 bits per heavy atom. The molecule has 0 amide bonds. The highest BCUT2D eigenvalue weighted by Crippen LogP contribution is 1.57. The molecule has 0 aromatic rings. The van der Waals surface area contributed by atoms with Crippen molar-refractivity contribution in [3.8, 4) is 0 Å². The Morgan fingerprint density at radius 2 is 0.250 bits per heavy atom. The van der Waals surface area contributed by atoms with Crippen LogP contribution >= 0.6 is 0 Å². The summed E-state index contributed by atoms with van der Waals surface area (Å²) in [5.41, 5.74) is 0. The largest absolute Gasteiger partial charge is 0.0776 e. The molecule has 0 nitrogen and oxygen atoms in total. The van der Waals surface area contributed by atoms with Crippen LogP contribution in [-0.2, 0) is 0 Å². The van der Waals surface area contributed by atoms with Gasteiger partial charge in [0.15, 0.2) is 0 Å². The molecule has 0 saturated heterocycles. The van der Waals surface area contributed by atoms with Gasteiger partial charge in [0.1, 0.15) is 0 Å². The van der Waals surface area contributed by atoms with Gasteiger partial charge in [-0.1, -0.05) is 167 Å². The van der Waals surface area contributed by atoms with Crippen LogP contribution < -0.4 is 0 Å². The lowest BCUT2D eigenvalue weighted by Gasteiger charge is -1.48. The molecule has 0 spiro atoms. The van der Waals surface area contributed by atoms with E-state index in [1.165, 1.54) is 25.7 Å². The second-order valence-corrected chi connectivity index (χ2v) is 2.83. The molecule has 170 valence electrons. The summed E-state index contributed by atoms with van der Waals surface area (Å²) in [7, 11) is 0. The third kappa shape index (κ3) is 0. The summed E-state index contributed by atoms with van der Waals surface area (Å²) in [5, 5.41) is 0. The lowest BCUT2D eigenvalue weighted by molar-refractivity contribution is 1.09. The summed E-state index contributed by atoms with van der Waals surface area (Å²) in [6, 6.07) is 0. The van der Waals surface area contributed by atoms with E-state index < -0.39 is 0 Å². The summed E-state index contributed by atoms with van der Waals surface area (Å²) in [4.78, 5) is 0. The minimum Gasteiger partial charge on any atom is -0.0776 e. The third-order valence-electron chi connectivity index (χ3n) is 0. The standard InChI is InChI=1S/4C3H8.3C2H6.6CH4/c4*1-3-2;3*1-2;;;;;;/h4*3H2,1-2H3;3*1-2H3;6*1H4. The van der Waals surface area contributed by atoms with Gasteiger partial charge in [-0.3, -0.25) is 0 Å². The Balaban J connectivity index is -0.00000000517. The Hall–Kier alpha value is 0. The van der Waals surface area contributed by atoms with Crippen molar-refractivity contribution in [2.45, 2.75) is 167 Å². The molecule has 0 aliphatic heterocycles. The van der Waals surface area contributed by atoms with Crippen LogP contribution in [-0.4, -0.2) is 0 Å². The first-order valence-electron chi connectivity index (χ1n) is 8.66. The molecule has 0 heterocycles. The maximum absolute atomic E-state index is 2.12. The zero-order valence-corrected chi connectivity index (χ0v) is 16.8. The molecule has 0 bridgehead atoms. The smallest absolute Gasteiger partial charge is 0.0590 e. The zero-order valence-electron chi connectivity index (χ0n) is 16.8. The molecule has 0 aromatic heterocycles. The minimum atomic E-state index is 0. The third-order valence-corrected chi connectivity index (χ3v) is 0. The molecule has 0 rings (SSSR count). The van der Waals surface area contributed by atoms with Crippen LogP contribution in [0, 0.1) is 0 Å². The van der Waals surface area contributed by atoms with Gasteiger partial charge in [-0.25, -0.2) is 0 Å². The van der Waals surface area contributed by atoms with Crippen LogP contribution in [0.15, 0.2) is 0 Å². The maximum Gasteiger partial charge on any atom is -0.0590 e. The summed E-state index contributed by atoms with van der Waals surface area (Å²) < 4.78 is 0. The van der Waals surface area contributed by atoms with Crippen LogP contribution in [0.5, 0.6) is 0 Å². The molecule has 24 heavy (non-hydrogen) atoms. The van der Waals surface area contributed by atoms with Crippen molar-refractivity contribution in [2.75, 3.05) is 0 Å². The maximum atomic E-state index is 2.12. The number of rotatable bonds is 0. The topological polar surface area (TPSA) is 0 Å².